The smallest absolute Gasteiger partial charge is 0.345 e. The zero-order chi connectivity index (χ0) is 14.5. The molecule has 6 nitrogen and oxygen atoms in total. The predicted molar refractivity (Wildman–Crippen MR) is 68.8 cm³/mol. The minimum Gasteiger partial charge on any atom is -0.507 e. The molecule has 1 aromatic carbocycles. The average molecular weight is 280 g/mol. The summed E-state index contributed by atoms with van der Waals surface area (Å²) in [5, 5.41) is 19.6. The SMILES string of the molecule is O=C1OCCCCCCOC(=O)c2c(O)ccc1c2O. The van der Waals surface area contributed by atoms with Gasteiger partial charge in [0.05, 0.1) is 13.2 Å². The van der Waals surface area contributed by atoms with Crippen molar-refractivity contribution < 1.29 is 29.3 Å². The Morgan fingerprint density at radius 3 is 2.10 bits per heavy atom. The summed E-state index contributed by atoms with van der Waals surface area (Å²) in [7, 11) is 0. The van der Waals surface area contributed by atoms with Crippen LogP contribution in [0.4, 0.5) is 0 Å². The normalized spacial score (nSPS) is 17.2. The van der Waals surface area contributed by atoms with Gasteiger partial charge < -0.3 is 19.7 Å². The number of phenolic OH excluding ortho intramolecular Hbond substituents is 2. The maximum Gasteiger partial charge on any atom is 0.345 e. The second-order valence-electron chi connectivity index (χ2n) is 4.54. The molecule has 2 N–H and O–H groups in total. The lowest BCUT2D eigenvalue weighted by Gasteiger charge is -2.10. The molecule has 0 aromatic heterocycles. The minimum atomic E-state index is -0.853. The average Bonchev–Trinajstić information content (AvgIpc) is 2.41. The van der Waals surface area contributed by atoms with Gasteiger partial charge in [-0.25, -0.2) is 9.59 Å². The lowest BCUT2D eigenvalue weighted by Crippen LogP contribution is -2.10. The molecule has 0 unspecified atom stereocenters. The molecule has 1 aliphatic rings. The van der Waals surface area contributed by atoms with Gasteiger partial charge in [0.1, 0.15) is 22.6 Å². The maximum absolute atomic E-state index is 11.8. The Morgan fingerprint density at radius 1 is 0.850 bits per heavy atom. The molecule has 0 atom stereocenters. The second-order valence-corrected chi connectivity index (χ2v) is 4.54. The number of carbonyl (C=O) groups excluding carboxylic acids is 2. The van der Waals surface area contributed by atoms with Crippen molar-refractivity contribution in [1.29, 1.82) is 0 Å². The third-order valence-electron chi connectivity index (χ3n) is 3.08. The lowest BCUT2D eigenvalue weighted by atomic mass is 10.1. The summed E-state index contributed by atoms with van der Waals surface area (Å²) < 4.78 is 10.00. The molecule has 0 saturated heterocycles. The van der Waals surface area contributed by atoms with Gasteiger partial charge in [-0.3, -0.25) is 0 Å². The fraction of sp³-hybridized carbons (Fsp3) is 0.429. The van der Waals surface area contributed by atoms with Crippen LogP contribution in [0.15, 0.2) is 12.1 Å². The van der Waals surface area contributed by atoms with Crippen molar-refractivity contribution >= 4 is 11.9 Å². The first-order chi connectivity index (χ1) is 9.61. The number of benzene rings is 1. The lowest BCUT2D eigenvalue weighted by molar-refractivity contribution is 0.0483. The van der Waals surface area contributed by atoms with Crippen LogP contribution in [-0.4, -0.2) is 35.4 Å². The van der Waals surface area contributed by atoms with E-state index in [1.165, 1.54) is 6.07 Å². The van der Waals surface area contributed by atoms with Gasteiger partial charge in [-0.1, -0.05) is 0 Å². The number of hydrogen-bond acceptors (Lipinski definition) is 6. The highest BCUT2D eigenvalue weighted by Gasteiger charge is 2.24. The number of phenols is 2. The van der Waals surface area contributed by atoms with Crippen molar-refractivity contribution in [2.75, 3.05) is 13.2 Å². The van der Waals surface area contributed by atoms with Gasteiger partial charge in [-0.15, -0.1) is 0 Å². The maximum atomic E-state index is 11.8. The third-order valence-corrected chi connectivity index (χ3v) is 3.08. The Morgan fingerprint density at radius 2 is 1.45 bits per heavy atom. The molecule has 0 fully saturated rings. The van der Waals surface area contributed by atoms with E-state index in [0.717, 1.165) is 18.9 Å². The van der Waals surface area contributed by atoms with E-state index in [0.29, 0.717) is 12.8 Å². The summed E-state index contributed by atoms with van der Waals surface area (Å²) in [5.74, 6) is -2.62. The molecule has 0 spiro atoms. The molecular weight excluding hydrogens is 264 g/mol. The first kappa shape index (κ1) is 14.2. The molecule has 1 aromatic rings. The third kappa shape index (κ3) is 3.01. The van der Waals surface area contributed by atoms with E-state index in [4.69, 9.17) is 9.47 Å². The molecular formula is C14H16O6. The quantitative estimate of drug-likeness (QED) is 0.706. The molecule has 0 saturated carbocycles. The van der Waals surface area contributed by atoms with Crippen LogP contribution < -0.4 is 0 Å². The predicted octanol–water partition coefficient (Wildman–Crippen LogP) is 1.99. The van der Waals surface area contributed by atoms with E-state index < -0.39 is 29.0 Å². The van der Waals surface area contributed by atoms with Crippen LogP contribution in [0.25, 0.3) is 0 Å². The number of aromatic hydroxyl groups is 2. The van der Waals surface area contributed by atoms with Gasteiger partial charge in [-0.2, -0.15) is 0 Å². The monoisotopic (exact) mass is 280 g/mol. The van der Waals surface area contributed by atoms with Crippen LogP contribution in [0.2, 0.25) is 0 Å². The number of ether oxygens (including phenoxy) is 2. The number of fused-ring (bicyclic) bond motifs is 2. The van der Waals surface area contributed by atoms with E-state index in [9.17, 15) is 19.8 Å². The molecule has 20 heavy (non-hydrogen) atoms. The molecule has 1 heterocycles. The van der Waals surface area contributed by atoms with Crippen molar-refractivity contribution in [3.63, 3.8) is 0 Å². The largest absolute Gasteiger partial charge is 0.507 e. The summed E-state index contributed by atoms with van der Waals surface area (Å²) in [6, 6.07) is 2.37. The number of carbonyl (C=O) groups is 2. The van der Waals surface area contributed by atoms with Gasteiger partial charge in [0.25, 0.3) is 0 Å². The Hall–Kier alpha value is -2.24. The van der Waals surface area contributed by atoms with E-state index in [2.05, 4.69) is 0 Å². The van der Waals surface area contributed by atoms with Crippen molar-refractivity contribution in [1.82, 2.24) is 0 Å². The molecule has 108 valence electrons. The van der Waals surface area contributed by atoms with E-state index in [1.54, 1.807) is 0 Å². The number of cyclic esters (lactones) is 2. The number of hydrogen-bond donors (Lipinski definition) is 2. The van der Waals surface area contributed by atoms with Crippen molar-refractivity contribution in [2.24, 2.45) is 0 Å². The van der Waals surface area contributed by atoms with E-state index >= 15 is 0 Å². The van der Waals surface area contributed by atoms with E-state index in [-0.39, 0.29) is 18.8 Å². The van der Waals surface area contributed by atoms with Crippen molar-refractivity contribution in [2.45, 2.75) is 25.7 Å². The Kier molecular flexibility index (Phi) is 4.45. The molecule has 2 rings (SSSR count). The topological polar surface area (TPSA) is 93.1 Å². The highest BCUT2D eigenvalue weighted by Crippen LogP contribution is 2.32. The Labute approximate surface area is 115 Å². The summed E-state index contributed by atoms with van der Waals surface area (Å²) in [5.41, 5.74) is -0.562. The van der Waals surface area contributed by atoms with Gasteiger partial charge in [-0.05, 0) is 37.8 Å². The van der Waals surface area contributed by atoms with Crippen LogP contribution in [0, 0.1) is 0 Å². The molecule has 0 amide bonds. The zero-order valence-corrected chi connectivity index (χ0v) is 10.9. The summed E-state index contributed by atoms with van der Waals surface area (Å²) in [6.07, 6.45) is 3.10. The summed E-state index contributed by atoms with van der Waals surface area (Å²) in [4.78, 5) is 23.6. The highest BCUT2D eigenvalue weighted by molar-refractivity contribution is 6.01. The van der Waals surface area contributed by atoms with E-state index in [1.807, 2.05) is 0 Å². The molecule has 0 aliphatic carbocycles. The number of esters is 2. The second kappa shape index (κ2) is 6.27. The zero-order valence-electron chi connectivity index (χ0n) is 10.9. The standard InChI is InChI=1S/C14H16O6/c15-10-6-5-9-12(16)11(10)14(18)20-8-4-2-1-3-7-19-13(9)17/h5-6,15-16H,1-4,7-8H2. The molecule has 6 heteroatoms. The first-order valence-corrected chi connectivity index (χ1v) is 6.50. The summed E-state index contributed by atoms with van der Waals surface area (Å²) in [6.45, 7) is 0.458. The summed E-state index contributed by atoms with van der Waals surface area (Å²) >= 11 is 0. The molecule has 1 aliphatic heterocycles. The molecule has 0 radical (unpaired) electrons. The fourth-order valence-corrected chi connectivity index (χ4v) is 1.98. The van der Waals surface area contributed by atoms with Crippen molar-refractivity contribution in [3.05, 3.63) is 23.3 Å². The van der Waals surface area contributed by atoms with Crippen molar-refractivity contribution in [3.8, 4) is 11.5 Å². The fourth-order valence-electron chi connectivity index (χ4n) is 1.98. The van der Waals surface area contributed by atoms with Crippen LogP contribution in [0.1, 0.15) is 46.4 Å². The van der Waals surface area contributed by atoms with Crippen LogP contribution in [0.3, 0.4) is 0 Å². The highest BCUT2D eigenvalue weighted by atomic mass is 16.5. The van der Waals surface area contributed by atoms with Crippen LogP contribution in [-0.2, 0) is 9.47 Å². The number of rotatable bonds is 0. The van der Waals surface area contributed by atoms with Gasteiger partial charge in [0.2, 0.25) is 0 Å². The Balaban J connectivity index is 2.37. The first-order valence-electron chi connectivity index (χ1n) is 6.50. The Bertz CT molecular complexity index is 523. The van der Waals surface area contributed by atoms with Crippen LogP contribution in [0.5, 0.6) is 11.5 Å². The van der Waals surface area contributed by atoms with Gasteiger partial charge in [0, 0.05) is 0 Å². The van der Waals surface area contributed by atoms with Gasteiger partial charge in [0.15, 0.2) is 0 Å². The minimum absolute atomic E-state index is 0.158. The molecule has 2 bridgehead atoms. The van der Waals surface area contributed by atoms with Gasteiger partial charge >= 0.3 is 11.9 Å². The van der Waals surface area contributed by atoms with Crippen LogP contribution >= 0.6 is 0 Å².